The van der Waals surface area contributed by atoms with E-state index in [0.717, 1.165) is 5.69 Å². The molecular weight excluding hydrogens is 289 g/mol. The second-order valence-electron chi connectivity index (χ2n) is 3.42. The van der Waals surface area contributed by atoms with Gasteiger partial charge < -0.3 is 10.6 Å². The lowest BCUT2D eigenvalue weighted by Crippen LogP contribution is -2.19. The summed E-state index contributed by atoms with van der Waals surface area (Å²) in [4.78, 5) is 4.11. The van der Waals surface area contributed by atoms with Crippen LogP contribution in [0.4, 0.5) is 11.5 Å². The summed E-state index contributed by atoms with van der Waals surface area (Å²) in [7, 11) is 0. The van der Waals surface area contributed by atoms with Crippen LogP contribution >= 0.6 is 35.4 Å². The highest BCUT2D eigenvalue weighted by molar-refractivity contribution is 7.80. The van der Waals surface area contributed by atoms with Crippen molar-refractivity contribution in [2.45, 2.75) is 0 Å². The average molecular weight is 298 g/mol. The van der Waals surface area contributed by atoms with E-state index in [4.69, 9.17) is 35.4 Å². The molecule has 0 amide bonds. The Morgan fingerprint density at radius 3 is 2.56 bits per heavy atom. The standard InChI is InChI=1S/C12H9Cl2N3S/c13-9-5-4-8(7-10(9)14)16-12(18)17-11-3-1-2-6-15-11/h1-7H,(H2,15,16,17,18). The van der Waals surface area contributed by atoms with Gasteiger partial charge in [-0.3, -0.25) is 0 Å². The van der Waals surface area contributed by atoms with Crippen molar-refractivity contribution in [3.63, 3.8) is 0 Å². The number of pyridine rings is 1. The topological polar surface area (TPSA) is 37.0 Å². The maximum absolute atomic E-state index is 5.91. The monoisotopic (exact) mass is 297 g/mol. The van der Waals surface area contributed by atoms with Crippen molar-refractivity contribution in [3.8, 4) is 0 Å². The van der Waals surface area contributed by atoms with E-state index in [-0.39, 0.29) is 0 Å². The Labute approximate surface area is 120 Å². The Morgan fingerprint density at radius 2 is 1.89 bits per heavy atom. The predicted octanol–water partition coefficient (Wildman–Crippen LogP) is 4.20. The van der Waals surface area contributed by atoms with Gasteiger partial charge in [0.25, 0.3) is 0 Å². The lowest BCUT2D eigenvalue weighted by molar-refractivity contribution is 1.32. The molecule has 1 aromatic carbocycles. The second kappa shape index (κ2) is 6.00. The number of anilines is 2. The SMILES string of the molecule is S=C(Nc1ccc(Cl)c(Cl)c1)Nc1ccccn1. The Balaban J connectivity index is 2.01. The third kappa shape index (κ3) is 3.57. The molecule has 0 atom stereocenters. The van der Waals surface area contributed by atoms with E-state index in [1.807, 2.05) is 18.2 Å². The normalized spacial score (nSPS) is 9.89. The predicted molar refractivity (Wildman–Crippen MR) is 80.5 cm³/mol. The van der Waals surface area contributed by atoms with Gasteiger partial charge in [0.15, 0.2) is 5.11 Å². The molecule has 3 nitrogen and oxygen atoms in total. The molecule has 2 rings (SSSR count). The molecule has 0 radical (unpaired) electrons. The summed E-state index contributed by atoms with van der Waals surface area (Å²) in [5.74, 6) is 0.676. The fourth-order valence-electron chi connectivity index (χ4n) is 1.29. The second-order valence-corrected chi connectivity index (χ2v) is 4.65. The van der Waals surface area contributed by atoms with Crippen LogP contribution in [-0.4, -0.2) is 10.1 Å². The van der Waals surface area contributed by atoms with Crippen LogP contribution < -0.4 is 10.6 Å². The molecule has 6 heteroatoms. The molecule has 92 valence electrons. The summed E-state index contributed by atoms with van der Waals surface area (Å²) in [6.45, 7) is 0. The zero-order valence-electron chi connectivity index (χ0n) is 9.15. The molecule has 0 fully saturated rings. The number of rotatable bonds is 2. The maximum atomic E-state index is 5.91. The minimum absolute atomic E-state index is 0.437. The molecule has 0 aliphatic heterocycles. The van der Waals surface area contributed by atoms with Crippen molar-refractivity contribution in [2.24, 2.45) is 0 Å². The van der Waals surface area contributed by atoms with Gasteiger partial charge in [-0.05, 0) is 42.5 Å². The Bertz CT molecular complexity index is 561. The molecule has 2 aromatic rings. The van der Waals surface area contributed by atoms with Crippen molar-refractivity contribution in [1.29, 1.82) is 0 Å². The molecule has 0 saturated heterocycles. The Kier molecular flexibility index (Phi) is 4.36. The lowest BCUT2D eigenvalue weighted by Gasteiger charge is -2.10. The number of nitrogens with zero attached hydrogens (tertiary/aromatic N) is 1. The number of halogens is 2. The summed E-state index contributed by atoms with van der Waals surface area (Å²) in [5, 5.41) is 7.37. The van der Waals surface area contributed by atoms with Crippen LogP contribution in [0.25, 0.3) is 0 Å². The van der Waals surface area contributed by atoms with E-state index in [1.54, 1.807) is 24.4 Å². The fourth-order valence-corrected chi connectivity index (χ4v) is 1.81. The van der Waals surface area contributed by atoms with E-state index in [1.165, 1.54) is 0 Å². The van der Waals surface area contributed by atoms with Crippen molar-refractivity contribution in [2.75, 3.05) is 10.6 Å². The zero-order valence-corrected chi connectivity index (χ0v) is 11.5. The van der Waals surface area contributed by atoms with Crippen molar-refractivity contribution in [1.82, 2.24) is 4.98 Å². The summed E-state index contributed by atoms with van der Waals surface area (Å²) < 4.78 is 0. The molecule has 0 saturated carbocycles. The number of hydrogen-bond acceptors (Lipinski definition) is 2. The first-order valence-corrected chi connectivity index (χ1v) is 6.25. The third-order valence-corrected chi connectivity index (χ3v) is 3.03. The Hall–Kier alpha value is -1.36. The van der Waals surface area contributed by atoms with Gasteiger partial charge in [0.2, 0.25) is 0 Å². The van der Waals surface area contributed by atoms with Gasteiger partial charge in [0.1, 0.15) is 5.82 Å². The summed E-state index contributed by atoms with van der Waals surface area (Å²) in [6.07, 6.45) is 1.68. The van der Waals surface area contributed by atoms with Gasteiger partial charge in [-0.2, -0.15) is 0 Å². The lowest BCUT2D eigenvalue weighted by atomic mass is 10.3. The molecule has 0 aliphatic carbocycles. The quantitative estimate of drug-likeness (QED) is 0.815. The van der Waals surface area contributed by atoms with Gasteiger partial charge in [0, 0.05) is 11.9 Å². The molecule has 2 N–H and O–H groups in total. The number of thiocarbonyl (C=S) groups is 1. The molecule has 0 bridgehead atoms. The van der Waals surface area contributed by atoms with Crippen molar-refractivity contribution in [3.05, 3.63) is 52.6 Å². The number of benzene rings is 1. The first kappa shape index (κ1) is 13.1. The largest absolute Gasteiger partial charge is 0.332 e. The smallest absolute Gasteiger partial charge is 0.176 e. The minimum Gasteiger partial charge on any atom is -0.332 e. The van der Waals surface area contributed by atoms with Crippen LogP contribution in [0.15, 0.2) is 42.6 Å². The van der Waals surface area contributed by atoms with E-state index in [2.05, 4.69) is 15.6 Å². The molecule has 1 aromatic heterocycles. The molecular formula is C12H9Cl2N3S. The van der Waals surface area contributed by atoms with Gasteiger partial charge in [-0.15, -0.1) is 0 Å². The van der Waals surface area contributed by atoms with E-state index < -0.39 is 0 Å². The zero-order chi connectivity index (χ0) is 13.0. The highest BCUT2D eigenvalue weighted by Gasteiger charge is 2.02. The van der Waals surface area contributed by atoms with Crippen LogP contribution in [0.2, 0.25) is 10.0 Å². The molecule has 0 spiro atoms. The van der Waals surface area contributed by atoms with Crippen molar-refractivity contribution >= 4 is 52.0 Å². The summed E-state index contributed by atoms with van der Waals surface area (Å²) >= 11 is 16.9. The van der Waals surface area contributed by atoms with E-state index in [9.17, 15) is 0 Å². The summed E-state index contributed by atoms with van der Waals surface area (Å²) in [6, 6.07) is 10.7. The maximum Gasteiger partial charge on any atom is 0.176 e. The van der Waals surface area contributed by atoms with Crippen LogP contribution in [0.3, 0.4) is 0 Å². The van der Waals surface area contributed by atoms with Crippen LogP contribution in [-0.2, 0) is 0 Å². The van der Waals surface area contributed by atoms with E-state index in [0.29, 0.717) is 21.0 Å². The van der Waals surface area contributed by atoms with Gasteiger partial charge >= 0.3 is 0 Å². The van der Waals surface area contributed by atoms with Crippen LogP contribution in [0.5, 0.6) is 0 Å². The molecule has 1 heterocycles. The average Bonchev–Trinajstić information content (AvgIpc) is 2.35. The molecule has 0 aliphatic rings. The first-order chi connectivity index (χ1) is 8.65. The van der Waals surface area contributed by atoms with E-state index >= 15 is 0 Å². The first-order valence-electron chi connectivity index (χ1n) is 5.09. The van der Waals surface area contributed by atoms with Crippen LogP contribution in [0, 0.1) is 0 Å². The third-order valence-electron chi connectivity index (χ3n) is 2.08. The van der Waals surface area contributed by atoms with Gasteiger partial charge in [0.05, 0.1) is 10.0 Å². The summed E-state index contributed by atoms with van der Waals surface area (Å²) in [5.41, 5.74) is 0.762. The molecule has 0 unspecified atom stereocenters. The molecule has 18 heavy (non-hydrogen) atoms. The van der Waals surface area contributed by atoms with Crippen molar-refractivity contribution < 1.29 is 0 Å². The van der Waals surface area contributed by atoms with Gasteiger partial charge in [-0.25, -0.2) is 4.98 Å². The minimum atomic E-state index is 0.437. The number of hydrogen-bond donors (Lipinski definition) is 2. The highest BCUT2D eigenvalue weighted by Crippen LogP contribution is 2.25. The Morgan fingerprint density at radius 1 is 1.06 bits per heavy atom. The highest BCUT2D eigenvalue weighted by atomic mass is 35.5. The van der Waals surface area contributed by atoms with Gasteiger partial charge in [-0.1, -0.05) is 29.3 Å². The number of aromatic nitrogens is 1. The number of nitrogens with one attached hydrogen (secondary N) is 2. The van der Waals surface area contributed by atoms with Crippen LogP contribution in [0.1, 0.15) is 0 Å². The fraction of sp³-hybridized carbons (Fsp3) is 0.